The van der Waals surface area contributed by atoms with Crippen LogP contribution in [-0.4, -0.2) is 29.9 Å². The minimum absolute atomic E-state index is 0.192. The SMILES string of the molecule is CC(CC(O)c1ccccc1)NC1C2CCCOC2C1(C)C. The van der Waals surface area contributed by atoms with Crippen LogP contribution in [0.4, 0.5) is 0 Å². The molecule has 2 fully saturated rings. The molecule has 3 nitrogen and oxygen atoms in total. The molecule has 2 aliphatic rings. The van der Waals surface area contributed by atoms with Gasteiger partial charge in [-0.1, -0.05) is 44.2 Å². The smallest absolute Gasteiger partial charge is 0.0804 e. The zero-order chi connectivity index (χ0) is 15.7. The zero-order valence-electron chi connectivity index (χ0n) is 14.0. The van der Waals surface area contributed by atoms with Gasteiger partial charge in [0.2, 0.25) is 0 Å². The predicted octanol–water partition coefficient (Wildman–Crippen LogP) is 3.29. The van der Waals surface area contributed by atoms with Crippen molar-refractivity contribution in [1.29, 1.82) is 0 Å². The van der Waals surface area contributed by atoms with E-state index in [0.29, 0.717) is 24.1 Å². The summed E-state index contributed by atoms with van der Waals surface area (Å²) in [4.78, 5) is 0. The number of benzene rings is 1. The molecular formula is C19H29NO2. The van der Waals surface area contributed by atoms with Crippen LogP contribution < -0.4 is 5.32 Å². The molecule has 1 aliphatic heterocycles. The van der Waals surface area contributed by atoms with Crippen LogP contribution in [0.1, 0.15) is 51.7 Å². The van der Waals surface area contributed by atoms with Gasteiger partial charge in [-0.2, -0.15) is 0 Å². The summed E-state index contributed by atoms with van der Waals surface area (Å²) in [5.74, 6) is 0.639. The maximum absolute atomic E-state index is 10.4. The first-order chi connectivity index (χ1) is 10.5. The van der Waals surface area contributed by atoms with Crippen molar-refractivity contribution in [3.8, 4) is 0 Å². The van der Waals surface area contributed by atoms with Gasteiger partial charge in [0, 0.05) is 30.0 Å². The second kappa shape index (κ2) is 6.31. The first-order valence-corrected chi connectivity index (χ1v) is 8.61. The summed E-state index contributed by atoms with van der Waals surface area (Å²) in [5.41, 5.74) is 1.19. The summed E-state index contributed by atoms with van der Waals surface area (Å²) in [7, 11) is 0. The molecule has 122 valence electrons. The third kappa shape index (κ3) is 2.94. The van der Waals surface area contributed by atoms with Crippen LogP contribution in [0, 0.1) is 11.3 Å². The van der Waals surface area contributed by atoms with Gasteiger partial charge in [0.25, 0.3) is 0 Å². The van der Waals surface area contributed by atoms with Crippen LogP contribution in [0.3, 0.4) is 0 Å². The van der Waals surface area contributed by atoms with E-state index in [9.17, 15) is 5.11 Å². The predicted molar refractivity (Wildman–Crippen MR) is 88.6 cm³/mol. The molecule has 3 heteroatoms. The summed E-state index contributed by atoms with van der Waals surface area (Å²) >= 11 is 0. The molecule has 0 spiro atoms. The highest BCUT2D eigenvalue weighted by molar-refractivity contribution is 5.17. The number of aliphatic hydroxyl groups excluding tert-OH is 1. The maximum Gasteiger partial charge on any atom is 0.0804 e. The number of fused-ring (bicyclic) bond motifs is 1. The third-order valence-electron chi connectivity index (χ3n) is 5.56. The molecule has 1 saturated heterocycles. The number of hydrogen-bond donors (Lipinski definition) is 2. The Morgan fingerprint density at radius 2 is 2.05 bits per heavy atom. The fraction of sp³-hybridized carbons (Fsp3) is 0.684. The van der Waals surface area contributed by atoms with Gasteiger partial charge in [0.15, 0.2) is 0 Å². The molecule has 2 N–H and O–H groups in total. The summed E-state index contributed by atoms with van der Waals surface area (Å²) in [6, 6.07) is 10.7. The summed E-state index contributed by atoms with van der Waals surface area (Å²) in [6.45, 7) is 7.70. The molecule has 1 aliphatic carbocycles. The Labute approximate surface area is 134 Å². The Bertz CT molecular complexity index is 487. The van der Waals surface area contributed by atoms with E-state index in [1.165, 1.54) is 12.8 Å². The molecule has 0 bridgehead atoms. The molecule has 0 amide bonds. The van der Waals surface area contributed by atoms with Crippen molar-refractivity contribution < 1.29 is 9.84 Å². The average Bonchev–Trinajstić information content (AvgIpc) is 2.53. The Balaban J connectivity index is 1.56. The van der Waals surface area contributed by atoms with Gasteiger partial charge in [0.05, 0.1) is 12.2 Å². The first kappa shape index (κ1) is 16.0. The standard InChI is InChI=1S/C19H29NO2/c1-13(12-16(21)14-8-5-4-6-9-14)20-17-15-10-7-11-22-18(15)19(17,2)3/h4-6,8-9,13,15-18,20-21H,7,10-12H2,1-3H3. The molecule has 3 rings (SSSR count). The average molecular weight is 303 g/mol. The monoisotopic (exact) mass is 303 g/mol. The highest BCUT2D eigenvalue weighted by Crippen LogP contribution is 2.51. The normalized spacial score (nSPS) is 32.6. The van der Waals surface area contributed by atoms with E-state index in [0.717, 1.165) is 18.6 Å². The van der Waals surface area contributed by atoms with Gasteiger partial charge in [-0.25, -0.2) is 0 Å². The molecule has 5 unspecified atom stereocenters. The third-order valence-corrected chi connectivity index (χ3v) is 5.56. The van der Waals surface area contributed by atoms with Gasteiger partial charge in [-0.15, -0.1) is 0 Å². The van der Waals surface area contributed by atoms with E-state index in [-0.39, 0.29) is 5.41 Å². The molecule has 22 heavy (non-hydrogen) atoms. The largest absolute Gasteiger partial charge is 0.388 e. The van der Waals surface area contributed by atoms with Crippen LogP contribution in [0.25, 0.3) is 0 Å². The van der Waals surface area contributed by atoms with E-state index in [2.05, 4.69) is 26.1 Å². The number of rotatable bonds is 5. The number of aliphatic hydroxyl groups is 1. The molecule has 1 heterocycles. The second-order valence-corrected chi connectivity index (χ2v) is 7.63. The molecule has 0 radical (unpaired) electrons. The van der Waals surface area contributed by atoms with Crippen molar-refractivity contribution >= 4 is 0 Å². The molecule has 1 saturated carbocycles. The van der Waals surface area contributed by atoms with Gasteiger partial charge >= 0.3 is 0 Å². The van der Waals surface area contributed by atoms with E-state index in [1.54, 1.807) is 0 Å². The molecule has 0 aromatic heterocycles. The first-order valence-electron chi connectivity index (χ1n) is 8.61. The van der Waals surface area contributed by atoms with E-state index < -0.39 is 6.10 Å². The van der Waals surface area contributed by atoms with Crippen LogP contribution >= 0.6 is 0 Å². The van der Waals surface area contributed by atoms with Gasteiger partial charge < -0.3 is 15.2 Å². The summed E-state index contributed by atoms with van der Waals surface area (Å²) in [6.07, 6.45) is 3.20. The van der Waals surface area contributed by atoms with Crippen molar-refractivity contribution in [2.45, 2.75) is 64.3 Å². The van der Waals surface area contributed by atoms with Crippen LogP contribution in [0.2, 0.25) is 0 Å². The summed E-state index contributed by atoms with van der Waals surface area (Å²) < 4.78 is 5.96. The van der Waals surface area contributed by atoms with Crippen molar-refractivity contribution in [1.82, 2.24) is 5.32 Å². The van der Waals surface area contributed by atoms with Crippen molar-refractivity contribution in [3.05, 3.63) is 35.9 Å². The van der Waals surface area contributed by atoms with Crippen molar-refractivity contribution in [2.75, 3.05) is 6.61 Å². The van der Waals surface area contributed by atoms with Crippen LogP contribution in [-0.2, 0) is 4.74 Å². The fourth-order valence-electron chi connectivity index (χ4n) is 4.38. The van der Waals surface area contributed by atoms with E-state index >= 15 is 0 Å². The van der Waals surface area contributed by atoms with E-state index in [1.807, 2.05) is 30.3 Å². The number of nitrogens with one attached hydrogen (secondary N) is 1. The van der Waals surface area contributed by atoms with E-state index in [4.69, 9.17) is 4.74 Å². The highest BCUT2D eigenvalue weighted by Gasteiger charge is 2.57. The zero-order valence-corrected chi connectivity index (χ0v) is 14.0. The molecule has 1 aromatic rings. The lowest BCUT2D eigenvalue weighted by Crippen LogP contribution is -2.70. The Morgan fingerprint density at radius 3 is 2.77 bits per heavy atom. The highest BCUT2D eigenvalue weighted by atomic mass is 16.5. The Morgan fingerprint density at radius 1 is 1.32 bits per heavy atom. The van der Waals surface area contributed by atoms with Crippen molar-refractivity contribution in [2.24, 2.45) is 11.3 Å². The summed E-state index contributed by atoms with van der Waals surface area (Å²) in [5, 5.41) is 14.2. The van der Waals surface area contributed by atoms with Gasteiger partial charge in [0.1, 0.15) is 0 Å². The van der Waals surface area contributed by atoms with Gasteiger partial charge in [-0.3, -0.25) is 0 Å². The second-order valence-electron chi connectivity index (χ2n) is 7.63. The topological polar surface area (TPSA) is 41.5 Å². The Kier molecular flexibility index (Phi) is 4.58. The Hall–Kier alpha value is -0.900. The minimum atomic E-state index is -0.398. The number of ether oxygens (including phenoxy) is 1. The molecule has 5 atom stereocenters. The minimum Gasteiger partial charge on any atom is -0.388 e. The quantitative estimate of drug-likeness (QED) is 0.877. The lowest BCUT2D eigenvalue weighted by atomic mass is 9.55. The molecule has 1 aromatic carbocycles. The van der Waals surface area contributed by atoms with Crippen LogP contribution in [0.15, 0.2) is 30.3 Å². The number of hydrogen-bond acceptors (Lipinski definition) is 3. The molecular weight excluding hydrogens is 274 g/mol. The maximum atomic E-state index is 10.4. The lowest BCUT2D eigenvalue weighted by molar-refractivity contribution is -0.194. The van der Waals surface area contributed by atoms with Crippen LogP contribution in [0.5, 0.6) is 0 Å². The lowest BCUT2D eigenvalue weighted by Gasteiger charge is -2.60. The van der Waals surface area contributed by atoms with Gasteiger partial charge in [-0.05, 0) is 31.7 Å². The van der Waals surface area contributed by atoms with Crippen molar-refractivity contribution in [3.63, 3.8) is 0 Å². The fourth-order valence-corrected chi connectivity index (χ4v) is 4.38.